The minimum Gasteiger partial charge on any atom is -0.481 e. The van der Waals surface area contributed by atoms with E-state index in [9.17, 15) is 9.59 Å². The van der Waals surface area contributed by atoms with Crippen molar-refractivity contribution in [3.63, 3.8) is 0 Å². The normalized spacial score (nSPS) is 14.2. The Labute approximate surface area is 121 Å². The highest BCUT2D eigenvalue weighted by Crippen LogP contribution is 2.05. The molecule has 0 aromatic carbocycles. The zero-order valence-electron chi connectivity index (χ0n) is 13.3. The molecule has 118 valence electrons. The summed E-state index contributed by atoms with van der Waals surface area (Å²) in [5.41, 5.74) is 0. The maximum Gasteiger partial charge on any atom is 0.315 e. The number of carboxylic acid groups (broad SMARTS) is 1. The van der Waals surface area contributed by atoms with Crippen molar-refractivity contribution in [1.82, 2.24) is 15.5 Å². The predicted octanol–water partition coefficient (Wildman–Crippen LogP) is 1.37. The van der Waals surface area contributed by atoms with Crippen LogP contribution in [0.3, 0.4) is 0 Å². The van der Waals surface area contributed by atoms with Gasteiger partial charge in [0.15, 0.2) is 0 Å². The van der Waals surface area contributed by atoms with Crippen LogP contribution in [-0.4, -0.2) is 55.2 Å². The third-order valence-electron chi connectivity index (χ3n) is 2.81. The molecule has 3 N–H and O–H groups in total. The number of hydrogen-bond acceptors (Lipinski definition) is 3. The SMILES string of the molecule is CC(C)CC(CN(C)C)NC(=O)NCC(C)CC(=O)O. The van der Waals surface area contributed by atoms with Gasteiger partial charge in [-0.3, -0.25) is 4.79 Å². The molecule has 0 aromatic heterocycles. The Bertz CT molecular complexity index is 296. The number of urea groups is 1. The zero-order chi connectivity index (χ0) is 15.7. The summed E-state index contributed by atoms with van der Waals surface area (Å²) in [4.78, 5) is 24.4. The standard InChI is InChI=1S/C14H29N3O3/c1-10(2)6-12(9-17(4)5)16-14(20)15-8-11(3)7-13(18)19/h10-12H,6-9H2,1-5H3,(H,18,19)(H2,15,16,20). The minimum absolute atomic E-state index is 0.0629. The number of amides is 2. The van der Waals surface area contributed by atoms with E-state index in [1.54, 1.807) is 6.92 Å². The Morgan fingerprint density at radius 2 is 1.80 bits per heavy atom. The summed E-state index contributed by atoms with van der Waals surface area (Å²) < 4.78 is 0. The maximum absolute atomic E-state index is 11.8. The van der Waals surface area contributed by atoms with Crippen LogP contribution in [0.4, 0.5) is 4.79 Å². The molecule has 0 aliphatic rings. The van der Waals surface area contributed by atoms with E-state index < -0.39 is 5.97 Å². The number of likely N-dealkylation sites (N-methyl/N-ethyl adjacent to an activating group) is 1. The van der Waals surface area contributed by atoms with Gasteiger partial charge in [0.05, 0.1) is 0 Å². The molecule has 20 heavy (non-hydrogen) atoms. The van der Waals surface area contributed by atoms with Crippen molar-refractivity contribution in [2.24, 2.45) is 11.8 Å². The van der Waals surface area contributed by atoms with Crippen LogP contribution < -0.4 is 10.6 Å². The molecule has 0 saturated carbocycles. The van der Waals surface area contributed by atoms with Gasteiger partial charge >= 0.3 is 12.0 Å². The molecule has 6 nitrogen and oxygen atoms in total. The maximum atomic E-state index is 11.8. The van der Waals surface area contributed by atoms with Gasteiger partial charge in [-0.1, -0.05) is 20.8 Å². The smallest absolute Gasteiger partial charge is 0.315 e. The van der Waals surface area contributed by atoms with Crippen molar-refractivity contribution in [3.05, 3.63) is 0 Å². The van der Waals surface area contributed by atoms with Crippen LogP contribution in [0.2, 0.25) is 0 Å². The average Bonchev–Trinajstić information content (AvgIpc) is 2.23. The number of carbonyl (C=O) groups is 2. The van der Waals surface area contributed by atoms with Crippen LogP contribution in [0, 0.1) is 11.8 Å². The second-order valence-electron chi connectivity index (χ2n) is 6.15. The molecular formula is C14H29N3O3. The van der Waals surface area contributed by atoms with Crippen LogP contribution in [-0.2, 0) is 4.79 Å². The molecule has 6 heteroatoms. The summed E-state index contributed by atoms with van der Waals surface area (Å²) in [6.45, 7) is 7.21. The Morgan fingerprint density at radius 1 is 1.20 bits per heavy atom. The molecule has 0 aliphatic carbocycles. The number of rotatable bonds is 9. The molecule has 2 unspecified atom stereocenters. The summed E-state index contributed by atoms with van der Waals surface area (Å²) in [5.74, 6) is -0.410. The number of nitrogens with one attached hydrogen (secondary N) is 2. The zero-order valence-corrected chi connectivity index (χ0v) is 13.3. The molecule has 0 radical (unpaired) electrons. The van der Waals surface area contributed by atoms with Gasteiger partial charge in [0, 0.05) is 25.6 Å². The van der Waals surface area contributed by atoms with Gasteiger partial charge in [0.2, 0.25) is 0 Å². The number of carboxylic acids is 1. The van der Waals surface area contributed by atoms with Crippen molar-refractivity contribution < 1.29 is 14.7 Å². The quantitative estimate of drug-likeness (QED) is 0.598. The average molecular weight is 287 g/mol. The van der Waals surface area contributed by atoms with Crippen LogP contribution >= 0.6 is 0 Å². The summed E-state index contributed by atoms with van der Waals surface area (Å²) in [6, 6.07) is -0.130. The highest BCUT2D eigenvalue weighted by molar-refractivity contribution is 5.74. The summed E-state index contributed by atoms with van der Waals surface area (Å²) in [7, 11) is 3.95. The highest BCUT2D eigenvalue weighted by Gasteiger charge is 2.15. The summed E-state index contributed by atoms with van der Waals surface area (Å²) >= 11 is 0. The van der Waals surface area contributed by atoms with Crippen molar-refractivity contribution in [2.75, 3.05) is 27.2 Å². The van der Waals surface area contributed by atoms with Gasteiger partial charge in [0.25, 0.3) is 0 Å². The lowest BCUT2D eigenvalue weighted by atomic mass is 10.0. The van der Waals surface area contributed by atoms with Crippen LogP contribution in [0.1, 0.15) is 33.6 Å². The van der Waals surface area contributed by atoms with Crippen LogP contribution in [0.25, 0.3) is 0 Å². The molecule has 0 aliphatic heterocycles. The Balaban J connectivity index is 4.14. The van der Waals surface area contributed by atoms with E-state index in [0.717, 1.165) is 13.0 Å². The first-order valence-electron chi connectivity index (χ1n) is 7.11. The van der Waals surface area contributed by atoms with Gasteiger partial charge in [-0.2, -0.15) is 0 Å². The first kappa shape index (κ1) is 18.7. The van der Waals surface area contributed by atoms with Crippen molar-refractivity contribution >= 4 is 12.0 Å². The molecule has 2 amide bonds. The number of aliphatic carboxylic acids is 1. The fourth-order valence-corrected chi connectivity index (χ4v) is 2.06. The molecule has 0 fully saturated rings. The summed E-state index contributed by atoms with van der Waals surface area (Å²) in [6.07, 6.45) is 0.976. The monoisotopic (exact) mass is 287 g/mol. The number of hydrogen-bond donors (Lipinski definition) is 3. The lowest BCUT2D eigenvalue weighted by Crippen LogP contribution is -2.47. The Kier molecular flexibility index (Phi) is 8.96. The van der Waals surface area contributed by atoms with E-state index in [-0.39, 0.29) is 24.4 Å². The van der Waals surface area contributed by atoms with Crippen LogP contribution in [0.5, 0.6) is 0 Å². The second kappa shape index (κ2) is 9.58. The lowest BCUT2D eigenvalue weighted by molar-refractivity contribution is -0.137. The molecule has 0 heterocycles. The third-order valence-corrected chi connectivity index (χ3v) is 2.81. The van der Waals surface area contributed by atoms with Gasteiger partial charge < -0.3 is 20.6 Å². The van der Waals surface area contributed by atoms with Gasteiger partial charge in [-0.15, -0.1) is 0 Å². The topological polar surface area (TPSA) is 81.7 Å². The van der Waals surface area contributed by atoms with E-state index in [0.29, 0.717) is 12.5 Å². The first-order chi connectivity index (χ1) is 9.20. The van der Waals surface area contributed by atoms with Crippen molar-refractivity contribution in [3.8, 4) is 0 Å². The van der Waals surface area contributed by atoms with Gasteiger partial charge in [-0.25, -0.2) is 4.79 Å². The molecule has 0 bridgehead atoms. The Morgan fingerprint density at radius 3 is 2.25 bits per heavy atom. The first-order valence-corrected chi connectivity index (χ1v) is 7.11. The highest BCUT2D eigenvalue weighted by atomic mass is 16.4. The third kappa shape index (κ3) is 10.6. The van der Waals surface area contributed by atoms with Crippen molar-refractivity contribution in [1.29, 1.82) is 0 Å². The Hall–Kier alpha value is -1.30. The van der Waals surface area contributed by atoms with Crippen molar-refractivity contribution in [2.45, 2.75) is 39.7 Å². The fourth-order valence-electron chi connectivity index (χ4n) is 2.06. The van der Waals surface area contributed by atoms with E-state index in [4.69, 9.17) is 5.11 Å². The largest absolute Gasteiger partial charge is 0.481 e. The molecule has 0 aromatic rings. The van der Waals surface area contributed by atoms with Crippen LogP contribution in [0.15, 0.2) is 0 Å². The molecular weight excluding hydrogens is 258 g/mol. The minimum atomic E-state index is -0.843. The molecule has 0 saturated heterocycles. The van der Waals surface area contributed by atoms with E-state index >= 15 is 0 Å². The number of carbonyl (C=O) groups excluding carboxylic acids is 1. The molecule has 2 atom stereocenters. The second-order valence-corrected chi connectivity index (χ2v) is 6.15. The van der Waals surface area contributed by atoms with Gasteiger partial charge in [0.1, 0.15) is 0 Å². The van der Waals surface area contributed by atoms with E-state index in [1.165, 1.54) is 0 Å². The number of nitrogens with zero attached hydrogens (tertiary/aromatic N) is 1. The summed E-state index contributed by atoms with van der Waals surface area (Å²) in [5, 5.41) is 14.3. The van der Waals surface area contributed by atoms with E-state index in [2.05, 4.69) is 24.5 Å². The van der Waals surface area contributed by atoms with Gasteiger partial charge in [-0.05, 0) is 32.4 Å². The fraction of sp³-hybridized carbons (Fsp3) is 0.857. The van der Waals surface area contributed by atoms with E-state index in [1.807, 2.05) is 19.0 Å². The molecule has 0 spiro atoms. The predicted molar refractivity (Wildman–Crippen MR) is 79.7 cm³/mol. The lowest BCUT2D eigenvalue weighted by Gasteiger charge is -2.24. The molecule has 0 rings (SSSR count).